The molecule has 0 saturated heterocycles. The largest absolute Gasteiger partial charge is 0.573 e. The summed E-state index contributed by atoms with van der Waals surface area (Å²) in [5.41, 5.74) is 1.87. The van der Waals surface area contributed by atoms with Crippen LogP contribution >= 0.6 is 0 Å². The summed E-state index contributed by atoms with van der Waals surface area (Å²) in [7, 11) is 0. The van der Waals surface area contributed by atoms with Crippen LogP contribution in [0.2, 0.25) is 0 Å². The van der Waals surface area contributed by atoms with Crippen molar-refractivity contribution in [3.8, 4) is 28.4 Å². The predicted octanol–water partition coefficient (Wildman–Crippen LogP) is 7.03. The van der Waals surface area contributed by atoms with E-state index >= 15 is 0 Å². The van der Waals surface area contributed by atoms with Gasteiger partial charge in [0.05, 0.1) is 11.7 Å². The molecule has 3 aromatic carbocycles. The maximum absolute atomic E-state index is 13.2. The van der Waals surface area contributed by atoms with Crippen molar-refractivity contribution in [1.82, 2.24) is 0 Å². The number of anilines is 1. The van der Waals surface area contributed by atoms with Crippen molar-refractivity contribution < 1.29 is 44.9 Å². The summed E-state index contributed by atoms with van der Waals surface area (Å²) in [4.78, 5) is 0. The van der Waals surface area contributed by atoms with Crippen molar-refractivity contribution in [1.29, 1.82) is 0 Å². The van der Waals surface area contributed by atoms with Gasteiger partial charge in [0.2, 0.25) is 0 Å². The Morgan fingerprint density at radius 3 is 2.24 bits per heavy atom. The first-order chi connectivity index (χ1) is 16.0. The molecule has 1 aliphatic heterocycles. The van der Waals surface area contributed by atoms with E-state index in [-0.39, 0.29) is 12.4 Å². The van der Waals surface area contributed by atoms with E-state index < -0.39 is 30.7 Å². The molecule has 3 aromatic rings. The van der Waals surface area contributed by atoms with Crippen molar-refractivity contribution in [3.05, 3.63) is 72.3 Å². The average Bonchev–Trinajstić information content (AvgIpc) is 2.77. The monoisotopic (exact) mass is 487 g/mol. The quantitative estimate of drug-likeness (QED) is 0.379. The molecule has 11 heteroatoms. The zero-order valence-electron chi connectivity index (χ0n) is 17.1. The first-order valence-electron chi connectivity index (χ1n) is 9.85. The highest BCUT2D eigenvalue weighted by atomic mass is 19.4. The SMILES string of the molecule is FC(F)C(F)(F)Oc1cccc([C@H]2COc3c(cccc3-c3cccc(OC(F)(F)F)c3)N2)c1. The first-order valence-corrected chi connectivity index (χ1v) is 9.85. The average molecular weight is 487 g/mol. The van der Waals surface area contributed by atoms with Gasteiger partial charge in [0.1, 0.15) is 23.9 Å². The molecule has 0 aromatic heterocycles. The van der Waals surface area contributed by atoms with E-state index in [9.17, 15) is 30.7 Å². The standard InChI is InChI=1S/C23H16F7NO3/c24-21(25)22(26,27)33-15-6-2-5-14(11-15)19-12-32-20-17(8-3-9-18(20)31-19)13-4-1-7-16(10-13)34-23(28,29)30/h1-11,19,21,31H,12H2/t19-/m1/s1. The normalized spacial score (nSPS) is 15.8. The Morgan fingerprint density at radius 1 is 0.853 bits per heavy atom. The third-order valence-corrected chi connectivity index (χ3v) is 4.89. The molecule has 0 unspecified atom stereocenters. The lowest BCUT2D eigenvalue weighted by atomic mass is 10.0. The highest BCUT2D eigenvalue weighted by Gasteiger charge is 2.44. The van der Waals surface area contributed by atoms with Crippen LogP contribution in [-0.4, -0.2) is 25.5 Å². The number of halogens is 7. The molecule has 1 atom stereocenters. The maximum Gasteiger partial charge on any atom is 0.573 e. The minimum absolute atomic E-state index is 0.0252. The fourth-order valence-corrected chi connectivity index (χ4v) is 3.47. The Hall–Kier alpha value is -3.63. The molecule has 1 aliphatic rings. The van der Waals surface area contributed by atoms with Crippen molar-refractivity contribution in [2.24, 2.45) is 0 Å². The number of para-hydroxylation sites is 1. The zero-order chi connectivity index (χ0) is 24.5. The molecule has 0 amide bonds. The molecule has 0 bridgehead atoms. The number of ether oxygens (including phenoxy) is 3. The van der Waals surface area contributed by atoms with E-state index in [1.165, 1.54) is 30.3 Å². The second kappa shape index (κ2) is 8.96. The molecule has 1 heterocycles. The van der Waals surface area contributed by atoms with Gasteiger partial charge in [-0.3, -0.25) is 0 Å². The van der Waals surface area contributed by atoms with Gasteiger partial charge >= 0.3 is 18.9 Å². The number of benzene rings is 3. The number of nitrogens with one attached hydrogen (secondary N) is 1. The highest BCUT2D eigenvalue weighted by Crippen LogP contribution is 2.42. The van der Waals surface area contributed by atoms with Gasteiger partial charge in [-0.25, -0.2) is 0 Å². The zero-order valence-corrected chi connectivity index (χ0v) is 17.1. The molecule has 34 heavy (non-hydrogen) atoms. The van der Waals surface area contributed by atoms with Crippen molar-refractivity contribution in [3.63, 3.8) is 0 Å². The van der Waals surface area contributed by atoms with E-state index in [0.29, 0.717) is 28.1 Å². The molecule has 180 valence electrons. The van der Waals surface area contributed by atoms with Gasteiger partial charge in [-0.05, 0) is 41.5 Å². The minimum Gasteiger partial charge on any atom is -0.488 e. The van der Waals surface area contributed by atoms with Gasteiger partial charge in [-0.15, -0.1) is 13.2 Å². The van der Waals surface area contributed by atoms with Crippen molar-refractivity contribution in [2.75, 3.05) is 11.9 Å². The number of hydrogen-bond acceptors (Lipinski definition) is 4. The summed E-state index contributed by atoms with van der Waals surface area (Å²) in [6.45, 7) is 0.0252. The Bertz CT molecular complexity index is 1170. The molecular formula is C23H16F7NO3. The number of alkyl halides is 7. The van der Waals surface area contributed by atoms with Crippen LogP contribution in [0.15, 0.2) is 66.7 Å². The van der Waals surface area contributed by atoms with Crippen LogP contribution in [-0.2, 0) is 0 Å². The Morgan fingerprint density at radius 2 is 1.53 bits per heavy atom. The van der Waals surface area contributed by atoms with Crippen LogP contribution in [0.4, 0.5) is 36.4 Å². The molecule has 0 spiro atoms. The summed E-state index contributed by atoms with van der Waals surface area (Å²) in [6, 6.07) is 15.2. The lowest BCUT2D eigenvalue weighted by Crippen LogP contribution is -2.33. The van der Waals surface area contributed by atoms with E-state index in [1.54, 1.807) is 30.3 Å². The Labute approximate surface area is 188 Å². The molecule has 4 nitrogen and oxygen atoms in total. The van der Waals surface area contributed by atoms with Crippen LogP contribution in [0.3, 0.4) is 0 Å². The van der Waals surface area contributed by atoms with Crippen LogP contribution in [0.25, 0.3) is 11.1 Å². The van der Waals surface area contributed by atoms with Crippen LogP contribution in [0, 0.1) is 0 Å². The van der Waals surface area contributed by atoms with Gasteiger partial charge < -0.3 is 19.5 Å². The second-order valence-electron chi connectivity index (χ2n) is 7.30. The third kappa shape index (κ3) is 5.29. The maximum atomic E-state index is 13.2. The molecule has 0 fully saturated rings. The molecule has 1 N–H and O–H groups in total. The van der Waals surface area contributed by atoms with E-state index in [2.05, 4.69) is 14.8 Å². The molecule has 4 rings (SSSR count). The van der Waals surface area contributed by atoms with Crippen LogP contribution in [0.5, 0.6) is 17.2 Å². The molecule has 0 aliphatic carbocycles. The lowest BCUT2D eigenvalue weighted by molar-refractivity contribution is -0.274. The van der Waals surface area contributed by atoms with Gasteiger partial charge in [-0.1, -0.05) is 36.4 Å². The Kier molecular flexibility index (Phi) is 6.20. The third-order valence-electron chi connectivity index (χ3n) is 4.89. The van der Waals surface area contributed by atoms with E-state index in [4.69, 9.17) is 4.74 Å². The minimum atomic E-state index is -4.84. The highest BCUT2D eigenvalue weighted by molar-refractivity contribution is 5.79. The number of hydrogen-bond donors (Lipinski definition) is 1. The van der Waals surface area contributed by atoms with Gasteiger partial charge in [0.15, 0.2) is 0 Å². The van der Waals surface area contributed by atoms with Crippen molar-refractivity contribution in [2.45, 2.75) is 24.9 Å². The van der Waals surface area contributed by atoms with Crippen LogP contribution in [0.1, 0.15) is 11.6 Å². The lowest BCUT2D eigenvalue weighted by Gasteiger charge is -2.29. The molecule has 0 radical (unpaired) electrons. The van der Waals surface area contributed by atoms with Gasteiger partial charge in [0.25, 0.3) is 0 Å². The predicted molar refractivity (Wildman–Crippen MR) is 108 cm³/mol. The summed E-state index contributed by atoms with van der Waals surface area (Å²) in [6.07, 6.45) is -13.5. The fraction of sp³-hybridized carbons (Fsp3) is 0.217. The fourth-order valence-electron chi connectivity index (χ4n) is 3.47. The van der Waals surface area contributed by atoms with Crippen molar-refractivity contribution >= 4 is 5.69 Å². The summed E-state index contributed by atoms with van der Waals surface area (Å²) >= 11 is 0. The van der Waals surface area contributed by atoms with Gasteiger partial charge in [-0.2, -0.15) is 17.6 Å². The Balaban J connectivity index is 1.57. The van der Waals surface area contributed by atoms with Crippen LogP contribution < -0.4 is 19.5 Å². The van der Waals surface area contributed by atoms with E-state index in [1.807, 2.05) is 0 Å². The summed E-state index contributed by atoms with van der Waals surface area (Å²) < 4.78 is 103. The number of fused-ring (bicyclic) bond motifs is 1. The summed E-state index contributed by atoms with van der Waals surface area (Å²) in [5.74, 6) is -0.452. The molecular weight excluding hydrogens is 471 g/mol. The second-order valence-corrected chi connectivity index (χ2v) is 7.30. The topological polar surface area (TPSA) is 39.7 Å². The number of rotatable bonds is 6. The first kappa shape index (κ1) is 23.5. The summed E-state index contributed by atoms with van der Waals surface area (Å²) in [5, 5.41) is 3.16. The molecule has 0 saturated carbocycles. The van der Waals surface area contributed by atoms with E-state index in [0.717, 1.165) is 6.07 Å². The smallest absolute Gasteiger partial charge is 0.488 e. The van der Waals surface area contributed by atoms with Gasteiger partial charge in [0, 0.05) is 5.56 Å².